The van der Waals surface area contributed by atoms with E-state index in [0.717, 1.165) is 5.69 Å². The number of carbonyl (C=O) groups excluding carboxylic acids is 1. The zero-order chi connectivity index (χ0) is 13.7. The fourth-order valence-corrected chi connectivity index (χ4v) is 2.05. The number of nitrogens with one attached hydrogen (secondary N) is 2. The van der Waals surface area contributed by atoms with Crippen molar-refractivity contribution in [3.05, 3.63) is 11.1 Å². The smallest absolute Gasteiger partial charge is 0.326 e. The van der Waals surface area contributed by atoms with Crippen molar-refractivity contribution in [2.45, 2.75) is 33.2 Å². The van der Waals surface area contributed by atoms with Crippen LogP contribution in [-0.2, 0) is 4.79 Å². The van der Waals surface area contributed by atoms with Crippen LogP contribution in [0.1, 0.15) is 26.0 Å². The predicted octanol–water partition coefficient (Wildman–Crippen LogP) is 2.07. The Morgan fingerprint density at radius 3 is 2.67 bits per heavy atom. The van der Waals surface area contributed by atoms with E-state index in [1.807, 2.05) is 13.8 Å². The van der Waals surface area contributed by atoms with E-state index in [9.17, 15) is 9.59 Å². The highest BCUT2D eigenvalue weighted by molar-refractivity contribution is 7.13. The zero-order valence-corrected chi connectivity index (χ0v) is 11.4. The van der Waals surface area contributed by atoms with Crippen LogP contribution in [0.4, 0.5) is 9.93 Å². The number of aryl methyl sites for hydroxylation is 1. The average Bonchev–Trinajstić information content (AvgIpc) is 2.70. The first kappa shape index (κ1) is 14.4. The summed E-state index contributed by atoms with van der Waals surface area (Å²) in [6.07, 6.45) is 0.674. The second-order valence-corrected chi connectivity index (χ2v) is 4.95. The first-order valence-corrected chi connectivity index (χ1v) is 6.54. The molecular weight excluding hydrogens is 254 g/mol. The first-order valence-electron chi connectivity index (χ1n) is 5.66. The summed E-state index contributed by atoms with van der Waals surface area (Å²) in [6, 6.07) is -1.44. The molecule has 100 valence electrons. The molecule has 1 unspecified atom stereocenters. The number of carboxylic acids is 1. The Balaban J connectivity index is 2.59. The van der Waals surface area contributed by atoms with E-state index in [-0.39, 0.29) is 5.92 Å². The summed E-state index contributed by atoms with van der Waals surface area (Å²) in [7, 11) is 0. The highest BCUT2D eigenvalue weighted by atomic mass is 32.1. The molecule has 2 amide bonds. The van der Waals surface area contributed by atoms with Gasteiger partial charge in [-0.05, 0) is 12.8 Å². The Kier molecular flexibility index (Phi) is 5.08. The van der Waals surface area contributed by atoms with Gasteiger partial charge in [0.2, 0.25) is 0 Å². The highest BCUT2D eigenvalue weighted by Crippen LogP contribution is 2.14. The minimum atomic E-state index is -1.03. The molecule has 0 bridgehead atoms. The van der Waals surface area contributed by atoms with Crippen molar-refractivity contribution >= 4 is 28.5 Å². The number of aliphatic carboxylic acids is 1. The van der Waals surface area contributed by atoms with E-state index >= 15 is 0 Å². The lowest BCUT2D eigenvalue weighted by molar-refractivity contribution is -0.140. The van der Waals surface area contributed by atoms with E-state index in [0.29, 0.717) is 11.6 Å². The molecule has 18 heavy (non-hydrogen) atoms. The summed E-state index contributed by atoms with van der Waals surface area (Å²) in [5.41, 5.74) is 0.812. The van der Waals surface area contributed by atoms with Crippen LogP contribution < -0.4 is 10.6 Å². The van der Waals surface area contributed by atoms with Crippen molar-refractivity contribution < 1.29 is 14.7 Å². The van der Waals surface area contributed by atoms with E-state index in [1.54, 1.807) is 12.3 Å². The second-order valence-electron chi connectivity index (χ2n) is 4.09. The summed E-state index contributed by atoms with van der Waals surface area (Å²) in [5, 5.41) is 16.3. The molecule has 0 spiro atoms. The number of aromatic nitrogens is 1. The van der Waals surface area contributed by atoms with Crippen molar-refractivity contribution in [3.8, 4) is 0 Å². The third kappa shape index (κ3) is 3.99. The molecule has 1 aromatic heterocycles. The Hall–Kier alpha value is -1.63. The molecule has 0 aliphatic rings. The molecule has 2 atom stereocenters. The number of carbonyl (C=O) groups is 2. The molecule has 1 heterocycles. The van der Waals surface area contributed by atoms with Crippen LogP contribution >= 0.6 is 11.3 Å². The SMILES string of the molecule is CCC(C)[C@H](NC(=O)Nc1nc(C)cs1)C(=O)O. The normalized spacial score (nSPS) is 13.7. The lowest BCUT2D eigenvalue weighted by Gasteiger charge is -2.19. The van der Waals surface area contributed by atoms with Gasteiger partial charge in [0, 0.05) is 5.38 Å². The number of nitrogens with zero attached hydrogens (tertiary/aromatic N) is 1. The van der Waals surface area contributed by atoms with Crippen LogP contribution in [0.25, 0.3) is 0 Å². The summed E-state index contributed by atoms with van der Waals surface area (Å²) in [6.45, 7) is 5.48. The Bertz CT molecular complexity index is 433. The van der Waals surface area contributed by atoms with E-state index in [1.165, 1.54) is 11.3 Å². The molecular formula is C11H17N3O3S. The number of carboxylic acid groups (broad SMARTS) is 1. The first-order chi connectivity index (χ1) is 8.43. The molecule has 0 aliphatic heterocycles. The topological polar surface area (TPSA) is 91.3 Å². The monoisotopic (exact) mass is 271 g/mol. The van der Waals surface area contributed by atoms with E-state index in [2.05, 4.69) is 15.6 Å². The fourth-order valence-electron chi connectivity index (χ4n) is 1.37. The summed E-state index contributed by atoms with van der Waals surface area (Å²) >= 11 is 1.30. The van der Waals surface area contributed by atoms with Gasteiger partial charge in [0.15, 0.2) is 5.13 Å². The minimum Gasteiger partial charge on any atom is -0.480 e. The van der Waals surface area contributed by atoms with Gasteiger partial charge in [0.05, 0.1) is 5.69 Å². The van der Waals surface area contributed by atoms with Crippen LogP contribution in [-0.4, -0.2) is 28.1 Å². The third-order valence-electron chi connectivity index (χ3n) is 2.61. The average molecular weight is 271 g/mol. The fraction of sp³-hybridized carbons (Fsp3) is 0.545. The summed E-state index contributed by atoms with van der Waals surface area (Å²) in [4.78, 5) is 26.7. The van der Waals surface area contributed by atoms with Crippen molar-refractivity contribution in [1.82, 2.24) is 10.3 Å². The van der Waals surface area contributed by atoms with Gasteiger partial charge >= 0.3 is 12.0 Å². The third-order valence-corrected chi connectivity index (χ3v) is 3.48. The van der Waals surface area contributed by atoms with E-state index < -0.39 is 18.0 Å². The van der Waals surface area contributed by atoms with Crippen molar-refractivity contribution in [3.63, 3.8) is 0 Å². The predicted molar refractivity (Wildman–Crippen MR) is 69.9 cm³/mol. The molecule has 1 rings (SSSR count). The van der Waals surface area contributed by atoms with Gasteiger partial charge in [0.25, 0.3) is 0 Å². The number of rotatable bonds is 5. The quantitative estimate of drug-likeness (QED) is 0.764. The van der Waals surface area contributed by atoms with Gasteiger partial charge in [-0.15, -0.1) is 11.3 Å². The lowest BCUT2D eigenvalue weighted by Crippen LogP contribution is -2.46. The molecule has 0 saturated carbocycles. The van der Waals surface area contributed by atoms with Crippen molar-refractivity contribution in [1.29, 1.82) is 0 Å². The molecule has 0 radical (unpaired) electrons. The Morgan fingerprint density at radius 1 is 1.56 bits per heavy atom. The highest BCUT2D eigenvalue weighted by Gasteiger charge is 2.25. The number of anilines is 1. The Morgan fingerprint density at radius 2 is 2.22 bits per heavy atom. The zero-order valence-electron chi connectivity index (χ0n) is 10.6. The van der Waals surface area contributed by atoms with E-state index in [4.69, 9.17) is 5.11 Å². The van der Waals surface area contributed by atoms with Crippen molar-refractivity contribution in [2.75, 3.05) is 5.32 Å². The number of thiazole rings is 1. The molecule has 0 aliphatic carbocycles. The maximum absolute atomic E-state index is 11.6. The standard InChI is InChI=1S/C11H17N3O3S/c1-4-6(2)8(9(15)16)13-10(17)14-11-12-7(3)5-18-11/h5-6,8H,4H2,1-3H3,(H,15,16)(H2,12,13,14,17)/t6?,8-/m0/s1. The minimum absolute atomic E-state index is 0.133. The second kappa shape index (κ2) is 6.34. The number of urea groups is 1. The molecule has 0 aromatic carbocycles. The number of amides is 2. The summed E-state index contributed by atoms with van der Waals surface area (Å²) < 4.78 is 0. The molecule has 7 heteroatoms. The van der Waals surface area contributed by atoms with Crippen LogP contribution in [0.5, 0.6) is 0 Å². The van der Waals surface area contributed by atoms with Gasteiger partial charge in [-0.2, -0.15) is 0 Å². The van der Waals surface area contributed by atoms with Crippen LogP contribution in [0.15, 0.2) is 5.38 Å². The van der Waals surface area contributed by atoms with Crippen LogP contribution in [0.2, 0.25) is 0 Å². The molecule has 3 N–H and O–H groups in total. The Labute approximate surface area is 109 Å². The van der Waals surface area contributed by atoms with Gasteiger partial charge in [0.1, 0.15) is 6.04 Å². The van der Waals surface area contributed by atoms with Gasteiger partial charge < -0.3 is 10.4 Å². The number of hydrogen-bond acceptors (Lipinski definition) is 4. The van der Waals surface area contributed by atoms with Gasteiger partial charge in [-0.3, -0.25) is 5.32 Å². The largest absolute Gasteiger partial charge is 0.480 e. The maximum atomic E-state index is 11.6. The van der Waals surface area contributed by atoms with Gasteiger partial charge in [-0.25, -0.2) is 14.6 Å². The molecule has 1 aromatic rings. The van der Waals surface area contributed by atoms with Gasteiger partial charge in [-0.1, -0.05) is 20.3 Å². The molecule has 0 saturated heterocycles. The molecule has 0 fully saturated rings. The number of hydrogen-bond donors (Lipinski definition) is 3. The summed E-state index contributed by atoms with van der Waals surface area (Å²) in [5.74, 6) is -1.17. The lowest BCUT2D eigenvalue weighted by atomic mass is 10.00. The van der Waals surface area contributed by atoms with Crippen LogP contribution in [0.3, 0.4) is 0 Å². The van der Waals surface area contributed by atoms with Crippen molar-refractivity contribution in [2.24, 2.45) is 5.92 Å². The molecule has 6 nitrogen and oxygen atoms in total. The van der Waals surface area contributed by atoms with Crippen LogP contribution in [0, 0.1) is 12.8 Å². The maximum Gasteiger partial charge on any atom is 0.326 e.